The Morgan fingerprint density at radius 2 is 2.11 bits per heavy atom. The van der Waals surface area contributed by atoms with Gasteiger partial charge in [-0.1, -0.05) is 6.92 Å². The molecular weight excluding hydrogens is 231 g/mol. The van der Waals surface area contributed by atoms with Gasteiger partial charge in [-0.25, -0.2) is 14.4 Å². The SMILES string of the molecule is CCNc1cc(-c2ccncc2F)nc(CC)n1. The normalized spacial score (nSPS) is 10.4. The average molecular weight is 246 g/mol. The van der Waals surface area contributed by atoms with Gasteiger partial charge in [-0.05, 0) is 13.0 Å². The Hall–Kier alpha value is -2.04. The molecule has 0 bridgehead atoms. The minimum Gasteiger partial charge on any atom is -0.370 e. The van der Waals surface area contributed by atoms with Crippen molar-refractivity contribution >= 4 is 5.82 Å². The van der Waals surface area contributed by atoms with Crippen molar-refractivity contribution in [3.63, 3.8) is 0 Å². The fourth-order valence-corrected chi connectivity index (χ4v) is 1.65. The van der Waals surface area contributed by atoms with Crippen LogP contribution in [0.4, 0.5) is 10.2 Å². The van der Waals surface area contributed by atoms with Gasteiger partial charge in [-0.15, -0.1) is 0 Å². The third-order valence-electron chi connectivity index (χ3n) is 2.49. The zero-order valence-corrected chi connectivity index (χ0v) is 10.4. The molecule has 0 radical (unpaired) electrons. The first kappa shape index (κ1) is 12.4. The number of hydrogen-bond donors (Lipinski definition) is 1. The van der Waals surface area contributed by atoms with Crippen molar-refractivity contribution in [3.05, 3.63) is 36.2 Å². The lowest BCUT2D eigenvalue weighted by atomic mass is 10.1. The van der Waals surface area contributed by atoms with Crippen LogP contribution in [0, 0.1) is 5.82 Å². The molecule has 0 amide bonds. The molecule has 5 heteroatoms. The summed E-state index contributed by atoms with van der Waals surface area (Å²) in [5.74, 6) is 1.04. The second kappa shape index (κ2) is 5.53. The summed E-state index contributed by atoms with van der Waals surface area (Å²) in [5.41, 5.74) is 1.03. The number of rotatable bonds is 4. The average Bonchev–Trinajstić information content (AvgIpc) is 2.39. The first-order valence-electron chi connectivity index (χ1n) is 5.96. The van der Waals surface area contributed by atoms with Crippen LogP contribution < -0.4 is 5.32 Å². The second-order valence-corrected chi connectivity index (χ2v) is 3.79. The molecule has 0 fully saturated rings. The molecule has 0 atom stereocenters. The van der Waals surface area contributed by atoms with Crippen LogP contribution in [-0.2, 0) is 6.42 Å². The van der Waals surface area contributed by atoms with Gasteiger partial charge < -0.3 is 5.32 Å². The summed E-state index contributed by atoms with van der Waals surface area (Å²) in [5, 5.41) is 3.12. The Bertz CT molecular complexity index is 542. The molecule has 0 aliphatic carbocycles. The van der Waals surface area contributed by atoms with Crippen molar-refractivity contribution in [2.24, 2.45) is 0 Å². The number of nitrogens with one attached hydrogen (secondary N) is 1. The van der Waals surface area contributed by atoms with Gasteiger partial charge in [0.05, 0.1) is 11.9 Å². The van der Waals surface area contributed by atoms with Crippen molar-refractivity contribution in [2.75, 3.05) is 11.9 Å². The summed E-state index contributed by atoms with van der Waals surface area (Å²) in [6.07, 6.45) is 3.45. The quantitative estimate of drug-likeness (QED) is 0.901. The van der Waals surface area contributed by atoms with Crippen molar-refractivity contribution in [2.45, 2.75) is 20.3 Å². The highest BCUT2D eigenvalue weighted by molar-refractivity contribution is 5.62. The van der Waals surface area contributed by atoms with Crippen molar-refractivity contribution in [1.29, 1.82) is 0 Å². The maximum atomic E-state index is 13.7. The first-order chi connectivity index (χ1) is 8.74. The van der Waals surface area contributed by atoms with E-state index in [1.54, 1.807) is 18.3 Å². The number of hydrogen-bond acceptors (Lipinski definition) is 4. The molecule has 2 heterocycles. The third-order valence-corrected chi connectivity index (χ3v) is 2.49. The summed E-state index contributed by atoms with van der Waals surface area (Å²) >= 11 is 0. The molecule has 2 aromatic heterocycles. The Kier molecular flexibility index (Phi) is 3.82. The van der Waals surface area contributed by atoms with Crippen molar-refractivity contribution < 1.29 is 4.39 Å². The highest BCUT2D eigenvalue weighted by atomic mass is 19.1. The minimum absolute atomic E-state index is 0.374. The number of aromatic nitrogens is 3. The number of anilines is 1. The van der Waals surface area contributed by atoms with E-state index in [0.29, 0.717) is 23.5 Å². The molecule has 0 unspecified atom stereocenters. The van der Waals surface area contributed by atoms with E-state index in [1.807, 2.05) is 13.8 Å². The van der Waals surface area contributed by atoms with Crippen molar-refractivity contribution in [1.82, 2.24) is 15.0 Å². The first-order valence-corrected chi connectivity index (χ1v) is 5.96. The van der Waals surface area contributed by atoms with Gasteiger partial charge in [-0.3, -0.25) is 4.98 Å². The Morgan fingerprint density at radius 1 is 1.28 bits per heavy atom. The summed E-state index contributed by atoms with van der Waals surface area (Å²) in [4.78, 5) is 12.4. The molecule has 0 aliphatic rings. The monoisotopic (exact) mass is 246 g/mol. The number of pyridine rings is 1. The zero-order valence-electron chi connectivity index (χ0n) is 10.4. The number of nitrogens with zero attached hydrogens (tertiary/aromatic N) is 3. The zero-order chi connectivity index (χ0) is 13.0. The Labute approximate surface area is 105 Å². The molecule has 2 aromatic rings. The highest BCUT2D eigenvalue weighted by Crippen LogP contribution is 2.22. The summed E-state index contributed by atoms with van der Waals surface area (Å²) < 4.78 is 13.7. The minimum atomic E-state index is -0.374. The fourth-order valence-electron chi connectivity index (χ4n) is 1.65. The van der Waals surface area contributed by atoms with Crippen LogP contribution in [0.3, 0.4) is 0 Å². The fraction of sp³-hybridized carbons (Fsp3) is 0.308. The van der Waals surface area contributed by atoms with Gasteiger partial charge in [0.1, 0.15) is 11.6 Å². The highest BCUT2D eigenvalue weighted by Gasteiger charge is 2.09. The van der Waals surface area contributed by atoms with Gasteiger partial charge in [0.15, 0.2) is 5.82 Å². The molecule has 0 aromatic carbocycles. The molecule has 0 spiro atoms. The smallest absolute Gasteiger partial charge is 0.150 e. The van der Waals surface area contributed by atoms with Crippen LogP contribution in [-0.4, -0.2) is 21.5 Å². The largest absolute Gasteiger partial charge is 0.370 e. The third kappa shape index (κ3) is 2.61. The lowest BCUT2D eigenvalue weighted by Gasteiger charge is -2.08. The lowest BCUT2D eigenvalue weighted by Crippen LogP contribution is -2.04. The molecular formula is C13H15FN4. The van der Waals surface area contributed by atoms with Crippen LogP contribution in [0.25, 0.3) is 11.3 Å². The van der Waals surface area contributed by atoms with Crippen LogP contribution in [0.5, 0.6) is 0 Å². The van der Waals surface area contributed by atoms with E-state index in [9.17, 15) is 4.39 Å². The van der Waals surface area contributed by atoms with Gasteiger partial charge in [0.25, 0.3) is 0 Å². The molecule has 94 valence electrons. The summed E-state index contributed by atoms with van der Waals surface area (Å²) in [6.45, 7) is 4.72. The van der Waals surface area contributed by atoms with E-state index in [4.69, 9.17) is 0 Å². The number of halogens is 1. The lowest BCUT2D eigenvalue weighted by molar-refractivity contribution is 0.624. The van der Waals surface area contributed by atoms with Gasteiger partial charge in [-0.2, -0.15) is 0 Å². The van der Waals surface area contributed by atoms with E-state index in [0.717, 1.165) is 12.4 Å². The van der Waals surface area contributed by atoms with Crippen LogP contribution >= 0.6 is 0 Å². The molecule has 0 saturated heterocycles. The standard InChI is InChI=1S/C13H15FN4/c1-3-12-17-11(7-13(18-12)16-4-2)9-5-6-15-8-10(9)14/h5-8H,3-4H2,1-2H3,(H,16,17,18). The maximum Gasteiger partial charge on any atom is 0.150 e. The molecule has 18 heavy (non-hydrogen) atoms. The Balaban J connectivity index is 2.50. The molecule has 4 nitrogen and oxygen atoms in total. The molecule has 0 aliphatic heterocycles. The van der Waals surface area contributed by atoms with Gasteiger partial charge in [0.2, 0.25) is 0 Å². The number of aryl methyl sites for hydroxylation is 1. The molecule has 0 saturated carbocycles. The predicted molar refractivity (Wildman–Crippen MR) is 68.8 cm³/mol. The van der Waals surface area contributed by atoms with E-state index in [1.165, 1.54) is 6.20 Å². The van der Waals surface area contributed by atoms with Crippen LogP contribution in [0.1, 0.15) is 19.7 Å². The predicted octanol–water partition coefficient (Wildman–Crippen LogP) is 2.67. The van der Waals surface area contributed by atoms with E-state index in [-0.39, 0.29) is 5.82 Å². The van der Waals surface area contributed by atoms with Crippen LogP contribution in [0.2, 0.25) is 0 Å². The maximum absolute atomic E-state index is 13.7. The molecule has 1 N–H and O–H groups in total. The topological polar surface area (TPSA) is 50.7 Å². The summed E-state index contributed by atoms with van der Waals surface area (Å²) in [7, 11) is 0. The second-order valence-electron chi connectivity index (χ2n) is 3.79. The molecule has 2 rings (SSSR count). The van der Waals surface area contributed by atoms with E-state index in [2.05, 4.69) is 20.3 Å². The van der Waals surface area contributed by atoms with Gasteiger partial charge in [0, 0.05) is 30.8 Å². The van der Waals surface area contributed by atoms with E-state index >= 15 is 0 Å². The van der Waals surface area contributed by atoms with Crippen molar-refractivity contribution in [3.8, 4) is 11.3 Å². The van der Waals surface area contributed by atoms with Crippen LogP contribution in [0.15, 0.2) is 24.5 Å². The van der Waals surface area contributed by atoms with E-state index < -0.39 is 0 Å². The Morgan fingerprint density at radius 3 is 2.78 bits per heavy atom. The van der Waals surface area contributed by atoms with Gasteiger partial charge >= 0.3 is 0 Å². The summed E-state index contributed by atoms with van der Waals surface area (Å²) in [6, 6.07) is 3.37.